The predicted octanol–water partition coefficient (Wildman–Crippen LogP) is 3.08. The molecule has 5 nitrogen and oxygen atoms in total. The van der Waals surface area contributed by atoms with Crippen LogP contribution in [0.4, 0.5) is 13.2 Å². The molecule has 114 valence electrons. The molecule has 22 heavy (non-hydrogen) atoms. The monoisotopic (exact) mass is 309 g/mol. The van der Waals surface area contributed by atoms with Gasteiger partial charge in [0.1, 0.15) is 11.9 Å². The molecule has 0 unspecified atom stereocenters. The van der Waals surface area contributed by atoms with Crippen LogP contribution in [0.5, 0.6) is 0 Å². The lowest BCUT2D eigenvalue weighted by Crippen LogP contribution is -2.07. The van der Waals surface area contributed by atoms with Crippen molar-refractivity contribution in [1.29, 1.82) is 5.26 Å². The van der Waals surface area contributed by atoms with Gasteiger partial charge in [-0.15, -0.1) is 0 Å². The molecule has 0 saturated carbocycles. The SMILES string of the molecule is Cc1[nH]c(-c2cccc(C(F)(F)F)c2)nc1C(=O)OCC#N. The van der Waals surface area contributed by atoms with E-state index in [1.54, 1.807) is 6.07 Å². The van der Waals surface area contributed by atoms with Crippen molar-refractivity contribution in [3.8, 4) is 17.5 Å². The number of esters is 1. The second-order valence-electron chi connectivity index (χ2n) is 4.37. The van der Waals surface area contributed by atoms with Gasteiger partial charge >= 0.3 is 12.1 Å². The highest BCUT2D eigenvalue weighted by Gasteiger charge is 2.30. The number of aromatic nitrogens is 2. The molecule has 0 spiro atoms. The third-order valence-corrected chi connectivity index (χ3v) is 2.81. The van der Waals surface area contributed by atoms with Crippen LogP contribution in [0.2, 0.25) is 0 Å². The number of imidazole rings is 1. The minimum atomic E-state index is -4.47. The molecule has 8 heteroatoms. The average molecular weight is 309 g/mol. The zero-order valence-electron chi connectivity index (χ0n) is 11.4. The Morgan fingerprint density at radius 3 is 2.82 bits per heavy atom. The van der Waals surface area contributed by atoms with E-state index in [4.69, 9.17) is 5.26 Å². The molecule has 0 aliphatic rings. The number of carbonyl (C=O) groups is 1. The number of aryl methyl sites for hydroxylation is 1. The number of benzene rings is 1. The third kappa shape index (κ3) is 3.25. The smallest absolute Gasteiger partial charge is 0.416 e. The van der Waals surface area contributed by atoms with Gasteiger partial charge in [0.25, 0.3) is 0 Å². The Morgan fingerprint density at radius 1 is 1.45 bits per heavy atom. The summed E-state index contributed by atoms with van der Waals surface area (Å²) in [6.07, 6.45) is -4.47. The van der Waals surface area contributed by atoms with Crippen molar-refractivity contribution in [2.24, 2.45) is 0 Å². The van der Waals surface area contributed by atoms with Crippen LogP contribution in [0.1, 0.15) is 21.7 Å². The maximum atomic E-state index is 12.7. The number of nitriles is 1. The zero-order valence-corrected chi connectivity index (χ0v) is 11.4. The van der Waals surface area contributed by atoms with E-state index in [0.717, 1.165) is 12.1 Å². The van der Waals surface area contributed by atoms with Crippen LogP contribution >= 0.6 is 0 Å². The second kappa shape index (κ2) is 5.89. The first-order valence-electron chi connectivity index (χ1n) is 6.11. The number of ether oxygens (including phenoxy) is 1. The van der Waals surface area contributed by atoms with Gasteiger partial charge in [0.2, 0.25) is 0 Å². The number of halogens is 3. The van der Waals surface area contributed by atoms with Gasteiger partial charge < -0.3 is 9.72 Å². The molecule has 0 atom stereocenters. The fourth-order valence-electron chi connectivity index (χ4n) is 1.80. The van der Waals surface area contributed by atoms with Gasteiger partial charge in [-0.05, 0) is 19.1 Å². The number of H-pyrrole nitrogens is 1. The molecule has 1 N–H and O–H groups in total. The van der Waals surface area contributed by atoms with Crippen molar-refractivity contribution in [2.75, 3.05) is 6.61 Å². The lowest BCUT2D eigenvalue weighted by Gasteiger charge is -2.07. The number of alkyl halides is 3. The van der Waals surface area contributed by atoms with E-state index >= 15 is 0 Å². The van der Waals surface area contributed by atoms with Crippen LogP contribution in [-0.4, -0.2) is 22.5 Å². The summed E-state index contributed by atoms with van der Waals surface area (Å²) in [7, 11) is 0. The van der Waals surface area contributed by atoms with Gasteiger partial charge in [-0.1, -0.05) is 12.1 Å². The first-order chi connectivity index (χ1) is 10.3. The molecule has 0 radical (unpaired) electrons. The molecule has 0 amide bonds. The Bertz CT molecular complexity index is 745. The zero-order chi connectivity index (χ0) is 16.3. The van der Waals surface area contributed by atoms with Gasteiger partial charge in [0, 0.05) is 11.3 Å². The van der Waals surface area contributed by atoms with Crippen LogP contribution in [0.3, 0.4) is 0 Å². The van der Waals surface area contributed by atoms with Gasteiger partial charge in [0.05, 0.1) is 5.56 Å². The maximum absolute atomic E-state index is 12.7. The van der Waals surface area contributed by atoms with Crippen molar-refractivity contribution < 1.29 is 22.7 Å². The molecular weight excluding hydrogens is 299 g/mol. The molecule has 2 rings (SSSR count). The molecule has 0 saturated heterocycles. The summed E-state index contributed by atoms with van der Waals surface area (Å²) in [5.41, 5.74) is -0.345. The standard InChI is InChI=1S/C14H10F3N3O2/c1-8-11(13(21)22-6-5-18)20-12(19-8)9-3-2-4-10(7-9)14(15,16)17/h2-4,7H,6H2,1H3,(H,19,20). The van der Waals surface area contributed by atoms with Crippen LogP contribution in [-0.2, 0) is 10.9 Å². The molecule has 1 heterocycles. The number of nitrogens with one attached hydrogen (secondary N) is 1. The number of rotatable bonds is 3. The molecule has 0 aliphatic heterocycles. The second-order valence-corrected chi connectivity index (χ2v) is 4.37. The first kappa shape index (κ1) is 15.6. The average Bonchev–Trinajstić information content (AvgIpc) is 2.86. The van der Waals surface area contributed by atoms with E-state index in [1.165, 1.54) is 19.1 Å². The van der Waals surface area contributed by atoms with E-state index in [1.807, 2.05) is 0 Å². The summed E-state index contributed by atoms with van der Waals surface area (Å²) in [6.45, 7) is 1.11. The highest BCUT2D eigenvalue weighted by Crippen LogP contribution is 2.31. The van der Waals surface area contributed by atoms with E-state index in [9.17, 15) is 18.0 Å². The molecule has 0 aliphatic carbocycles. The summed E-state index contributed by atoms with van der Waals surface area (Å²) < 4.78 is 42.7. The fraction of sp³-hybridized carbons (Fsp3) is 0.214. The summed E-state index contributed by atoms with van der Waals surface area (Å²) in [5, 5.41) is 8.36. The number of carbonyl (C=O) groups excluding carboxylic acids is 1. The normalized spacial score (nSPS) is 11.0. The van der Waals surface area contributed by atoms with Crippen LogP contribution in [0.15, 0.2) is 24.3 Å². The lowest BCUT2D eigenvalue weighted by atomic mass is 10.1. The number of hydrogen-bond acceptors (Lipinski definition) is 4. The topological polar surface area (TPSA) is 78.8 Å². The van der Waals surface area contributed by atoms with E-state index in [0.29, 0.717) is 5.69 Å². The summed E-state index contributed by atoms with van der Waals surface area (Å²) in [5.74, 6) is -0.693. The van der Waals surface area contributed by atoms with Gasteiger partial charge in [-0.25, -0.2) is 9.78 Å². The van der Waals surface area contributed by atoms with Crippen molar-refractivity contribution in [3.05, 3.63) is 41.2 Å². The minimum Gasteiger partial charge on any atom is -0.445 e. The Kier molecular flexibility index (Phi) is 4.17. The quantitative estimate of drug-likeness (QED) is 0.884. The Balaban J connectivity index is 2.35. The van der Waals surface area contributed by atoms with Gasteiger partial charge in [-0.3, -0.25) is 0 Å². The summed E-state index contributed by atoms with van der Waals surface area (Å²) in [6, 6.07) is 6.22. The number of aromatic amines is 1. The van der Waals surface area contributed by atoms with Crippen LogP contribution < -0.4 is 0 Å². The predicted molar refractivity (Wildman–Crippen MR) is 69.7 cm³/mol. The molecule has 0 fully saturated rings. The summed E-state index contributed by atoms with van der Waals surface area (Å²) >= 11 is 0. The largest absolute Gasteiger partial charge is 0.445 e. The first-order valence-corrected chi connectivity index (χ1v) is 6.11. The molecule has 2 aromatic rings. The lowest BCUT2D eigenvalue weighted by molar-refractivity contribution is -0.137. The highest BCUT2D eigenvalue weighted by molar-refractivity contribution is 5.89. The molecule has 0 bridgehead atoms. The molecule has 1 aromatic carbocycles. The maximum Gasteiger partial charge on any atom is 0.416 e. The van der Waals surface area contributed by atoms with Crippen molar-refractivity contribution in [1.82, 2.24) is 9.97 Å². The number of hydrogen-bond donors (Lipinski definition) is 1. The Morgan fingerprint density at radius 2 is 2.18 bits per heavy atom. The third-order valence-electron chi connectivity index (χ3n) is 2.81. The number of nitrogens with zero attached hydrogens (tertiary/aromatic N) is 2. The Labute approximate surface area is 123 Å². The van der Waals surface area contributed by atoms with Crippen molar-refractivity contribution >= 4 is 5.97 Å². The van der Waals surface area contributed by atoms with E-state index < -0.39 is 24.3 Å². The Hall–Kier alpha value is -2.82. The van der Waals surface area contributed by atoms with Crippen molar-refractivity contribution in [3.63, 3.8) is 0 Å². The van der Waals surface area contributed by atoms with Crippen LogP contribution in [0, 0.1) is 18.3 Å². The van der Waals surface area contributed by atoms with Crippen LogP contribution in [0.25, 0.3) is 11.4 Å². The minimum absolute atomic E-state index is 0.0670. The summed E-state index contributed by atoms with van der Waals surface area (Å²) in [4.78, 5) is 18.3. The van der Waals surface area contributed by atoms with Crippen molar-refractivity contribution in [2.45, 2.75) is 13.1 Å². The van der Waals surface area contributed by atoms with Gasteiger partial charge in [0.15, 0.2) is 12.3 Å². The van der Waals surface area contributed by atoms with Gasteiger partial charge in [-0.2, -0.15) is 18.4 Å². The molecule has 1 aromatic heterocycles. The molecular formula is C14H10F3N3O2. The highest BCUT2D eigenvalue weighted by atomic mass is 19.4. The fourth-order valence-corrected chi connectivity index (χ4v) is 1.80. The van der Waals surface area contributed by atoms with E-state index in [-0.39, 0.29) is 17.1 Å². The van der Waals surface area contributed by atoms with E-state index in [2.05, 4.69) is 14.7 Å².